The van der Waals surface area contributed by atoms with Crippen molar-refractivity contribution in [2.45, 2.75) is 19.9 Å². The standard InChI is InChI=1S/C13H13ClFN3/c1-8(10-5-11(15)7-16-6-10)17-12-3-4-13(14)18-9(12)2/h3-8,17H,1-2H3. The number of aryl methyl sites for hydroxylation is 1. The van der Waals surface area contributed by atoms with E-state index in [2.05, 4.69) is 15.3 Å². The smallest absolute Gasteiger partial charge is 0.141 e. The van der Waals surface area contributed by atoms with Gasteiger partial charge in [-0.1, -0.05) is 11.6 Å². The molecule has 0 aromatic carbocycles. The lowest BCUT2D eigenvalue weighted by Gasteiger charge is -2.16. The highest BCUT2D eigenvalue weighted by Gasteiger charge is 2.09. The summed E-state index contributed by atoms with van der Waals surface area (Å²) in [5.41, 5.74) is 2.46. The summed E-state index contributed by atoms with van der Waals surface area (Å²) in [7, 11) is 0. The molecule has 2 heterocycles. The van der Waals surface area contributed by atoms with Crippen LogP contribution in [0.3, 0.4) is 0 Å². The van der Waals surface area contributed by atoms with E-state index >= 15 is 0 Å². The van der Waals surface area contributed by atoms with Crippen molar-refractivity contribution in [3.63, 3.8) is 0 Å². The molecule has 18 heavy (non-hydrogen) atoms. The quantitative estimate of drug-likeness (QED) is 0.859. The molecular formula is C13H13ClFN3. The van der Waals surface area contributed by atoms with E-state index in [0.29, 0.717) is 5.15 Å². The molecule has 3 nitrogen and oxygen atoms in total. The van der Waals surface area contributed by atoms with Crippen LogP contribution in [0.15, 0.2) is 30.6 Å². The van der Waals surface area contributed by atoms with Crippen LogP contribution < -0.4 is 5.32 Å². The van der Waals surface area contributed by atoms with Gasteiger partial charge in [-0.3, -0.25) is 4.98 Å². The van der Waals surface area contributed by atoms with E-state index in [1.54, 1.807) is 12.3 Å². The summed E-state index contributed by atoms with van der Waals surface area (Å²) in [4.78, 5) is 7.98. The Hall–Kier alpha value is -1.68. The Morgan fingerprint density at radius 3 is 2.78 bits per heavy atom. The Kier molecular flexibility index (Phi) is 3.77. The predicted molar refractivity (Wildman–Crippen MR) is 70.2 cm³/mol. The largest absolute Gasteiger partial charge is 0.377 e. The van der Waals surface area contributed by atoms with Crippen molar-refractivity contribution in [3.05, 3.63) is 52.8 Å². The minimum atomic E-state index is -0.341. The molecule has 0 radical (unpaired) electrons. The summed E-state index contributed by atoms with van der Waals surface area (Å²) in [6.45, 7) is 3.80. The van der Waals surface area contributed by atoms with Crippen LogP contribution in [0.25, 0.3) is 0 Å². The monoisotopic (exact) mass is 265 g/mol. The molecule has 1 unspecified atom stereocenters. The molecule has 0 aliphatic carbocycles. The first-order valence-corrected chi connectivity index (χ1v) is 5.94. The predicted octanol–water partition coefficient (Wildman–Crippen LogP) is 3.75. The van der Waals surface area contributed by atoms with Crippen molar-refractivity contribution in [2.24, 2.45) is 0 Å². The van der Waals surface area contributed by atoms with Crippen LogP contribution in [0.4, 0.5) is 10.1 Å². The second-order valence-electron chi connectivity index (χ2n) is 4.07. The lowest BCUT2D eigenvalue weighted by atomic mass is 10.1. The number of hydrogen-bond donors (Lipinski definition) is 1. The Bertz CT molecular complexity index is 560. The van der Waals surface area contributed by atoms with Crippen LogP contribution >= 0.6 is 11.6 Å². The van der Waals surface area contributed by atoms with E-state index in [1.807, 2.05) is 19.9 Å². The van der Waals surface area contributed by atoms with Crippen molar-refractivity contribution in [1.29, 1.82) is 0 Å². The Morgan fingerprint density at radius 1 is 1.33 bits per heavy atom. The maximum atomic E-state index is 13.1. The molecule has 0 aliphatic rings. The van der Waals surface area contributed by atoms with Gasteiger partial charge in [-0.25, -0.2) is 9.37 Å². The number of hydrogen-bond acceptors (Lipinski definition) is 3. The van der Waals surface area contributed by atoms with Crippen molar-refractivity contribution in [1.82, 2.24) is 9.97 Å². The van der Waals surface area contributed by atoms with Gasteiger partial charge in [-0.05, 0) is 37.6 Å². The first kappa shape index (κ1) is 12.8. The van der Waals surface area contributed by atoms with Gasteiger partial charge < -0.3 is 5.32 Å². The van der Waals surface area contributed by atoms with E-state index in [-0.39, 0.29) is 11.9 Å². The summed E-state index contributed by atoms with van der Waals surface area (Å²) < 4.78 is 13.1. The van der Waals surface area contributed by atoms with Gasteiger partial charge in [-0.15, -0.1) is 0 Å². The van der Waals surface area contributed by atoms with E-state index in [1.165, 1.54) is 12.3 Å². The molecule has 0 saturated heterocycles. The van der Waals surface area contributed by atoms with Crippen LogP contribution in [-0.2, 0) is 0 Å². The SMILES string of the molecule is Cc1nc(Cl)ccc1NC(C)c1cncc(F)c1. The zero-order chi connectivity index (χ0) is 13.1. The number of pyridine rings is 2. The Labute approximate surface area is 110 Å². The van der Waals surface area contributed by atoms with Gasteiger partial charge in [0.2, 0.25) is 0 Å². The molecule has 0 spiro atoms. The van der Waals surface area contributed by atoms with Crippen LogP contribution in [0, 0.1) is 12.7 Å². The number of nitrogens with zero attached hydrogens (tertiary/aromatic N) is 2. The van der Waals surface area contributed by atoms with Gasteiger partial charge in [0.1, 0.15) is 11.0 Å². The highest BCUT2D eigenvalue weighted by molar-refractivity contribution is 6.29. The normalized spacial score (nSPS) is 12.2. The van der Waals surface area contributed by atoms with Gasteiger partial charge in [0, 0.05) is 6.20 Å². The van der Waals surface area contributed by atoms with E-state index in [9.17, 15) is 4.39 Å². The first-order valence-electron chi connectivity index (χ1n) is 5.56. The van der Waals surface area contributed by atoms with Crippen molar-refractivity contribution in [3.8, 4) is 0 Å². The molecule has 0 fully saturated rings. The van der Waals surface area contributed by atoms with Crippen LogP contribution in [-0.4, -0.2) is 9.97 Å². The molecule has 1 N–H and O–H groups in total. The summed E-state index contributed by atoms with van der Waals surface area (Å²) in [5, 5.41) is 3.71. The van der Waals surface area contributed by atoms with Gasteiger partial charge >= 0.3 is 0 Å². The van der Waals surface area contributed by atoms with E-state index in [0.717, 1.165) is 16.9 Å². The lowest BCUT2D eigenvalue weighted by Crippen LogP contribution is -2.09. The molecule has 1 atom stereocenters. The zero-order valence-electron chi connectivity index (χ0n) is 10.1. The fourth-order valence-corrected chi connectivity index (χ4v) is 1.85. The fraction of sp³-hybridized carbons (Fsp3) is 0.231. The molecular weight excluding hydrogens is 253 g/mol. The molecule has 2 aromatic rings. The number of halogens is 2. The third-order valence-corrected chi connectivity index (χ3v) is 2.86. The average Bonchev–Trinajstić information content (AvgIpc) is 2.32. The molecule has 0 amide bonds. The minimum Gasteiger partial charge on any atom is -0.377 e. The van der Waals surface area contributed by atoms with Crippen LogP contribution in [0.5, 0.6) is 0 Å². The van der Waals surface area contributed by atoms with E-state index in [4.69, 9.17) is 11.6 Å². The van der Waals surface area contributed by atoms with Gasteiger partial charge in [0.05, 0.1) is 23.6 Å². The number of anilines is 1. The highest BCUT2D eigenvalue weighted by Crippen LogP contribution is 2.22. The molecule has 2 aromatic heterocycles. The summed E-state index contributed by atoms with van der Waals surface area (Å²) in [5.74, 6) is -0.341. The average molecular weight is 266 g/mol. The Balaban J connectivity index is 2.18. The van der Waals surface area contributed by atoms with Gasteiger partial charge in [0.15, 0.2) is 0 Å². The molecule has 0 saturated carbocycles. The second-order valence-corrected chi connectivity index (χ2v) is 4.46. The van der Waals surface area contributed by atoms with Gasteiger partial charge in [0.25, 0.3) is 0 Å². The third kappa shape index (κ3) is 2.96. The second kappa shape index (κ2) is 5.31. The molecule has 0 bridgehead atoms. The highest BCUT2D eigenvalue weighted by atomic mass is 35.5. The fourth-order valence-electron chi connectivity index (χ4n) is 1.66. The molecule has 2 rings (SSSR count). The van der Waals surface area contributed by atoms with Crippen molar-refractivity contribution < 1.29 is 4.39 Å². The first-order chi connectivity index (χ1) is 8.56. The number of nitrogens with one attached hydrogen (secondary N) is 1. The number of aromatic nitrogens is 2. The molecule has 0 aliphatic heterocycles. The summed E-state index contributed by atoms with van der Waals surface area (Å²) >= 11 is 5.79. The van der Waals surface area contributed by atoms with E-state index < -0.39 is 0 Å². The topological polar surface area (TPSA) is 37.8 Å². The maximum absolute atomic E-state index is 13.1. The van der Waals surface area contributed by atoms with Crippen molar-refractivity contribution in [2.75, 3.05) is 5.32 Å². The van der Waals surface area contributed by atoms with Crippen LogP contribution in [0.2, 0.25) is 5.15 Å². The van der Waals surface area contributed by atoms with Crippen molar-refractivity contribution >= 4 is 17.3 Å². The Morgan fingerprint density at radius 2 is 2.11 bits per heavy atom. The third-order valence-electron chi connectivity index (χ3n) is 2.65. The van der Waals surface area contributed by atoms with Crippen LogP contribution in [0.1, 0.15) is 24.2 Å². The van der Waals surface area contributed by atoms with Gasteiger partial charge in [-0.2, -0.15) is 0 Å². The number of rotatable bonds is 3. The lowest BCUT2D eigenvalue weighted by molar-refractivity contribution is 0.616. The molecule has 5 heteroatoms. The summed E-state index contributed by atoms with van der Waals surface area (Å²) in [6.07, 6.45) is 2.82. The minimum absolute atomic E-state index is 0.0603. The molecule has 94 valence electrons. The zero-order valence-corrected chi connectivity index (χ0v) is 10.9. The maximum Gasteiger partial charge on any atom is 0.141 e. The summed E-state index contributed by atoms with van der Waals surface area (Å²) in [6, 6.07) is 4.97.